The zero-order chi connectivity index (χ0) is 12.1. The van der Waals surface area contributed by atoms with Crippen LogP contribution in [0, 0.1) is 0 Å². The average molecular weight is 221 g/mol. The minimum absolute atomic E-state index is 0.444. The molecule has 0 aliphatic heterocycles. The van der Waals surface area contributed by atoms with Crippen molar-refractivity contribution in [3.05, 3.63) is 18.2 Å². The molecule has 1 aromatic rings. The second kappa shape index (κ2) is 5.64. The Kier molecular flexibility index (Phi) is 4.47. The van der Waals surface area contributed by atoms with Crippen LogP contribution in [0.15, 0.2) is 18.2 Å². The lowest BCUT2D eigenvalue weighted by atomic mass is 10.2. The van der Waals surface area contributed by atoms with Gasteiger partial charge in [-0.3, -0.25) is 0 Å². The second-order valence-electron chi connectivity index (χ2n) is 4.65. The van der Waals surface area contributed by atoms with Crippen LogP contribution in [0.4, 0.5) is 17.1 Å². The first-order valence-corrected chi connectivity index (χ1v) is 5.87. The molecule has 1 aromatic carbocycles. The summed E-state index contributed by atoms with van der Waals surface area (Å²) in [5, 5.41) is 10.0. The van der Waals surface area contributed by atoms with Gasteiger partial charge in [0, 0.05) is 36.2 Å². The summed E-state index contributed by atoms with van der Waals surface area (Å²) in [5.41, 5.74) is 3.41. The standard InChI is InChI=1S/C13H23N3/c1-9(2)15-12-6-11(14-5)7-13(8-12)16-10(3)4/h6-10,14-16H,1-5H3. The first-order valence-electron chi connectivity index (χ1n) is 5.87. The molecule has 0 unspecified atom stereocenters. The van der Waals surface area contributed by atoms with Crippen molar-refractivity contribution < 1.29 is 0 Å². The molecule has 0 heterocycles. The zero-order valence-corrected chi connectivity index (χ0v) is 10.9. The molecule has 0 aromatic heterocycles. The van der Waals surface area contributed by atoms with Gasteiger partial charge in [0.1, 0.15) is 0 Å². The van der Waals surface area contributed by atoms with Gasteiger partial charge in [0.25, 0.3) is 0 Å². The Bertz CT molecular complexity index is 304. The van der Waals surface area contributed by atoms with E-state index in [0.29, 0.717) is 12.1 Å². The summed E-state index contributed by atoms with van der Waals surface area (Å²) in [5.74, 6) is 0. The maximum atomic E-state index is 3.41. The van der Waals surface area contributed by atoms with Gasteiger partial charge in [0.15, 0.2) is 0 Å². The molecule has 0 aliphatic rings. The van der Waals surface area contributed by atoms with Crippen molar-refractivity contribution in [2.24, 2.45) is 0 Å². The molecule has 0 bridgehead atoms. The van der Waals surface area contributed by atoms with Gasteiger partial charge in [-0.05, 0) is 45.9 Å². The van der Waals surface area contributed by atoms with Crippen molar-refractivity contribution in [1.82, 2.24) is 0 Å². The molecule has 0 amide bonds. The van der Waals surface area contributed by atoms with Crippen molar-refractivity contribution in [3.8, 4) is 0 Å². The number of anilines is 3. The van der Waals surface area contributed by atoms with Crippen LogP contribution in [-0.2, 0) is 0 Å². The van der Waals surface area contributed by atoms with E-state index in [2.05, 4.69) is 61.8 Å². The second-order valence-corrected chi connectivity index (χ2v) is 4.65. The highest BCUT2D eigenvalue weighted by Crippen LogP contribution is 2.23. The first-order chi connectivity index (χ1) is 7.51. The van der Waals surface area contributed by atoms with Crippen molar-refractivity contribution in [2.45, 2.75) is 39.8 Å². The first kappa shape index (κ1) is 12.7. The van der Waals surface area contributed by atoms with Gasteiger partial charge in [0.2, 0.25) is 0 Å². The highest BCUT2D eigenvalue weighted by molar-refractivity contribution is 5.67. The Labute approximate surface area is 98.6 Å². The maximum Gasteiger partial charge on any atom is 0.0383 e. The van der Waals surface area contributed by atoms with E-state index in [4.69, 9.17) is 0 Å². The number of hydrogen-bond donors (Lipinski definition) is 3. The average Bonchev–Trinajstić information content (AvgIpc) is 2.14. The predicted molar refractivity (Wildman–Crippen MR) is 73.5 cm³/mol. The molecular weight excluding hydrogens is 198 g/mol. The van der Waals surface area contributed by atoms with Crippen LogP contribution in [0.3, 0.4) is 0 Å². The predicted octanol–water partition coefficient (Wildman–Crippen LogP) is 3.37. The molecule has 0 saturated heterocycles. The third-order valence-electron chi connectivity index (χ3n) is 2.13. The third kappa shape index (κ3) is 4.01. The molecule has 16 heavy (non-hydrogen) atoms. The van der Waals surface area contributed by atoms with Crippen LogP contribution in [-0.4, -0.2) is 19.1 Å². The minimum Gasteiger partial charge on any atom is -0.388 e. The van der Waals surface area contributed by atoms with E-state index in [-0.39, 0.29) is 0 Å². The maximum absolute atomic E-state index is 3.41. The van der Waals surface area contributed by atoms with E-state index in [1.165, 1.54) is 0 Å². The largest absolute Gasteiger partial charge is 0.388 e. The Morgan fingerprint density at radius 3 is 1.44 bits per heavy atom. The summed E-state index contributed by atoms with van der Waals surface area (Å²) in [6.45, 7) is 8.56. The molecule has 0 fully saturated rings. The topological polar surface area (TPSA) is 36.1 Å². The van der Waals surface area contributed by atoms with Gasteiger partial charge in [-0.2, -0.15) is 0 Å². The summed E-state index contributed by atoms with van der Waals surface area (Å²) < 4.78 is 0. The fraction of sp³-hybridized carbons (Fsp3) is 0.538. The Hall–Kier alpha value is -1.38. The third-order valence-corrected chi connectivity index (χ3v) is 2.13. The molecule has 90 valence electrons. The molecule has 3 nitrogen and oxygen atoms in total. The molecule has 0 saturated carbocycles. The SMILES string of the molecule is CNc1cc(NC(C)C)cc(NC(C)C)c1. The Morgan fingerprint density at radius 1 is 0.750 bits per heavy atom. The summed E-state index contributed by atoms with van der Waals surface area (Å²) in [6.07, 6.45) is 0. The van der Waals surface area contributed by atoms with E-state index in [0.717, 1.165) is 17.1 Å². The summed E-state index contributed by atoms with van der Waals surface area (Å²) in [6, 6.07) is 7.26. The van der Waals surface area contributed by atoms with Gasteiger partial charge in [-0.15, -0.1) is 0 Å². The summed E-state index contributed by atoms with van der Waals surface area (Å²) in [4.78, 5) is 0. The van der Waals surface area contributed by atoms with Gasteiger partial charge in [-0.1, -0.05) is 0 Å². The fourth-order valence-electron chi connectivity index (χ4n) is 1.61. The minimum atomic E-state index is 0.444. The van der Waals surface area contributed by atoms with E-state index in [1.807, 2.05) is 7.05 Å². The van der Waals surface area contributed by atoms with Gasteiger partial charge in [0.05, 0.1) is 0 Å². The summed E-state index contributed by atoms with van der Waals surface area (Å²) >= 11 is 0. The molecule has 0 spiro atoms. The molecule has 3 heteroatoms. The number of rotatable bonds is 5. The smallest absolute Gasteiger partial charge is 0.0383 e. The van der Waals surface area contributed by atoms with Crippen molar-refractivity contribution in [2.75, 3.05) is 23.0 Å². The van der Waals surface area contributed by atoms with Crippen molar-refractivity contribution in [3.63, 3.8) is 0 Å². The lowest BCUT2D eigenvalue weighted by molar-refractivity contribution is 0.893. The Balaban J connectivity index is 2.91. The van der Waals surface area contributed by atoms with Crippen LogP contribution in [0.2, 0.25) is 0 Å². The monoisotopic (exact) mass is 221 g/mol. The number of benzene rings is 1. The normalized spacial score (nSPS) is 10.7. The molecule has 0 atom stereocenters. The molecule has 3 N–H and O–H groups in total. The highest BCUT2D eigenvalue weighted by atomic mass is 14.9. The van der Waals surface area contributed by atoms with Gasteiger partial charge < -0.3 is 16.0 Å². The molecule has 0 aliphatic carbocycles. The lowest BCUT2D eigenvalue weighted by Crippen LogP contribution is -2.12. The van der Waals surface area contributed by atoms with Crippen LogP contribution in [0.5, 0.6) is 0 Å². The van der Waals surface area contributed by atoms with Crippen LogP contribution >= 0.6 is 0 Å². The number of hydrogen-bond acceptors (Lipinski definition) is 3. The molecular formula is C13H23N3. The Morgan fingerprint density at radius 2 is 1.12 bits per heavy atom. The summed E-state index contributed by atoms with van der Waals surface area (Å²) in [7, 11) is 1.94. The quantitative estimate of drug-likeness (QED) is 0.713. The molecule has 1 rings (SSSR count). The fourth-order valence-corrected chi connectivity index (χ4v) is 1.61. The van der Waals surface area contributed by atoms with E-state index in [9.17, 15) is 0 Å². The number of nitrogens with one attached hydrogen (secondary N) is 3. The van der Waals surface area contributed by atoms with E-state index >= 15 is 0 Å². The lowest BCUT2D eigenvalue weighted by Gasteiger charge is -2.16. The van der Waals surface area contributed by atoms with E-state index < -0.39 is 0 Å². The van der Waals surface area contributed by atoms with E-state index in [1.54, 1.807) is 0 Å². The van der Waals surface area contributed by atoms with Crippen molar-refractivity contribution >= 4 is 17.1 Å². The van der Waals surface area contributed by atoms with Crippen LogP contribution in [0.1, 0.15) is 27.7 Å². The molecule has 0 radical (unpaired) electrons. The van der Waals surface area contributed by atoms with Gasteiger partial charge in [-0.25, -0.2) is 0 Å². The van der Waals surface area contributed by atoms with Crippen LogP contribution < -0.4 is 16.0 Å². The van der Waals surface area contributed by atoms with Gasteiger partial charge >= 0.3 is 0 Å². The van der Waals surface area contributed by atoms with Crippen LogP contribution in [0.25, 0.3) is 0 Å². The van der Waals surface area contributed by atoms with Crippen molar-refractivity contribution in [1.29, 1.82) is 0 Å². The highest BCUT2D eigenvalue weighted by Gasteiger charge is 2.02. The zero-order valence-electron chi connectivity index (χ0n) is 10.9.